The van der Waals surface area contributed by atoms with Crippen molar-refractivity contribution in [2.24, 2.45) is 10.8 Å². The molecule has 1 rings (SSSR count). The molecule has 0 heterocycles. The minimum Gasteiger partial charge on any atom is -0.488 e. The third-order valence-electron chi connectivity index (χ3n) is 4.07. The maximum atomic E-state index is 6.54. The third kappa shape index (κ3) is 6.49. The zero-order chi connectivity index (χ0) is 18.9. The van der Waals surface area contributed by atoms with Crippen LogP contribution in [0.3, 0.4) is 0 Å². The van der Waals surface area contributed by atoms with E-state index in [1.54, 1.807) is 0 Å². The van der Waals surface area contributed by atoms with Crippen molar-refractivity contribution < 1.29 is 4.74 Å². The first-order valence-corrected chi connectivity index (χ1v) is 9.46. The number of rotatable bonds is 4. The lowest BCUT2D eigenvalue weighted by molar-refractivity contribution is 0.125. The van der Waals surface area contributed by atoms with Crippen LogP contribution in [-0.2, 0) is 19.3 Å². The van der Waals surface area contributed by atoms with Gasteiger partial charge in [-0.3, -0.25) is 0 Å². The Balaban J connectivity index is 3.63. The molecule has 0 aliphatic carbocycles. The number of aryl methyl sites for hydroxylation is 1. The molecule has 1 nitrogen and oxygen atoms in total. The fourth-order valence-electron chi connectivity index (χ4n) is 3.19. The van der Waals surface area contributed by atoms with Gasteiger partial charge in [0.2, 0.25) is 0 Å². The summed E-state index contributed by atoms with van der Waals surface area (Å²) in [6, 6.07) is 2.40. The predicted octanol–water partition coefficient (Wildman–Crippen LogP) is 6.91. The van der Waals surface area contributed by atoms with Crippen molar-refractivity contribution in [3.8, 4) is 5.75 Å². The molecule has 138 valence electrons. The van der Waals surface area contributed by atoms with Gasteiger partial charge in [-0.25, -0.2) is 0 Å². The van der Waals surface area contributed by atoms with E-state index in [9.17, 15) is 0 Å². The first-order chi connectivity index (χ1) is 10.6. The average molecular weight is 333 g/mol. The van der Waals surface area contributed by atoms with E-state index in [1.165, 1.54) is 22.3 Å². The van der Waals surface area contributed by atoms with Gasteiger partial charge in [0.1, 0.15) is 11.4 Å². The monoisotopic (exact) mass is 332 g/mol. The Morgan fingerprint density at radius 1 is 0.792 bits per heavy atom. The summed E-state index contributed by atoms with van der Waals surface area (Å²) < 4.78 is 6.54. The van der Waals surface area contributed by atoms with Crippen LogP contribution in [0.2, 0.25) is 0 Å². The number of benzene rings is 1. The van der Waals surface area contributed by atoms with Crippen LogP contribution in [0.15, 0.2) is 6.07 Å². The van der Waals surface area contributed by atoms with Crippen molar-refractivity contribution in [3.05, 3.63) is 28.3 Å². The Labute approximate surface area is 151 Å². The summed E-state index contributed by atoms with van der Waals surface area (Å²) in [4.78, 5) is 0. The lowest BCUT2D eigenvalue weighted by Crippen LogP contribution is -2.26. The Bertz CT molecular complexity index is 560. The van der Waals surface area contributed by atoms with Crippen LogP contribution in [-0.4, -0.2) is 5.60 Å². The van der Waals surface area contributed by atoms with Gasteiger partial charge in [-0.05, 0) is 80.0 Å². The van der Waals surface area contributed by atoms with Gasteiger partial charge >= 0.3 is 0 Å². The van der Waals surface area contributed by atoms with Crippen LogP contribution >= 0.6 is 0 Å². The molecule has 0 N–H and O–H groups in total. The highest BCUT2D eigenvalue weighted by molar-refractivity contribution is 5.51. The van der Waals surface area contributed by atoms with Crippen molar-refractivity contribution in [1.82, 2.24) is 0 Å². The van der Waals surface area contributed by atoms with Crippen LogP contribution in [0.25, 0.3) is 0 Å². The molecular weight excluding hydrogens is 292 g/mol. The van der Waals surface area contributed by atoms with E-state index >= 15 is 0 Å². The molecule has 1 aromatic carbocycles. The summed E-state index contributed by atoms with van der Waals surface area (Å²) in [6.07, 6.45) is 3.17. The first kappa shape index (κ1) is 21.1. The summed E-state index contributed by atoms with van der Waals surface area (Å²) in [7, 11) is 0. The molecule has 1 heteroatoms. The molecule has 0 aromatic heterocycles. The summed E-state index contributed by atoms with van der Waals surface area (Å²) in [6.45, 7) is 24.9. The highest BCUT2D eigenvalue weighted by Gasteiger charge is 2.26. The van der Waals surface area contributed by atoms with Crippen molar-refractivity contribution in [2.45, 2.75) is 101 Å². The molecule has 0 saturated heterocycles. The molecule has 0 bridgehead atoms. The Hall–Kier alpha value is -0.980. The second kappa shape index (κ2) is 7.10. The highest BCUT2D eigenvalue weighted by atomic mass is 16.5. The quantitative estimate of drug-likeness (QED) is 0.582. The molecule has 0 atom stereocenters. The van der Waals surface area contributed by atoms with Gasteiger partial charge in [0.15, 0.2) is 0 Å². The molecule has 0 aliphatic rings. The van der Waals surface area contributed by atoms with Gasteiger partial charge < -0.3 is 4.74 Å². The van der Waals surface area contributed by atoms with Crippen molar-refractivity contribution >= 4 is 0 Å². The molecule has 24 heavy (non-hydrogen) atoms. The van der Waals surface area contributed by atoms with E-state index in [4.69, 9.17) is 4.74 Å². The van der Waals surface area contributed by atoms with Crippen LogP contribution in [0.5, 0.6) is 5.75 Å². The molecule has 0 saturated carbocycles. The maximum Gasteiger partial charge on any atom is 0.126 e. The minimum absolute atomic E-state index is 0.181. The van der Waals surface area contributed by atoms with Crippen molar-refractivity contribution in [3.63, 3.8) is 0 Å². The van der Waals surface area contributed by atoms with E-state index in [-0.39, 0.29) is 16.4 Å². The van der Waals surface area contributed by atoms with Gasteiger partial charge in [0.25, 0.3) is 0 Å². The molecule has 0 spiro atoms. The predicted molar refractivity (Wildman–Crippen MR) is 107 cm³/mol. The molecular formula is C23H40O. The van der Waals surface area contributed by atoms with E-state index in [0.717, 1.165) is 25.0 Å². The molecule has 0 amide bonds. The lowest BCUT2D eigenvalue weighted by Gasteiger charge is -2.31. The largest absolute Gasteiger partial charge is 0.488 e. The fraction of sp³-hybridized carbons (Fsp3) is 0.739. The average Bonchev–Trinajstić information content (AvgIpc) is 2.32. The normalized spacial score (nSPS) is 13.3. The standard InChI is InChI=1S/C23H40O/c1-12-17-13-18(14-21(3,4)5)20(24-23(9,10)11)19(16(17)2)15-22(6,7)8/h13H,12,14-15H2,1-11H3. The zero-order valence-corrected chi connectivity index (χ0v) is 18.1. The zero-order valence-electron chi connectivity index (χ0n) is 18.1. The van der Waals surface area contributed by atoms with Crippen LogP contribution in [0.4, 0.5) is 0 Å². The van der Waals surface area contributed by atoms with E-state index in [1.807, 2.05) is 0 Å². The Morgan fingerprint density at radius 3 is 1.67 bits per heavy atom. The van der Waals surface area contributed by atoms with Crippen LogP contribution in [0.1, 0.15) is 91.5 Å². The number of ether oxygens (including phenoxy) is 1. The van der Waals surface area contributed by atoms with Gasteiger partial charge in [-0.1, -0.05) is 54.5 Å². The van der Waals surface area contributed by atoms with Gasteiger partial charge in [0.05, 0.1) is 0 Å². The Morgan fingerprint density at radius 2 is 1.29 bits per heavy atom. The summed E-state index contributed by atoms with van der Waals surface area (Å²) in [5.74, 6) is 1.14. The third-order valence-corrected chi connectivity index (χ3v) is 4.07. The van der Waals surface area contributed by atoms with Crippen LogP contribution < -0.4 is 4.74 Å². The first-order valence-electron chi connectivity index (χ1n) is 9.46. The van der Waals surface area contributed by atoms with Crippen molar-refractivity contribution in [1.29, 1.82) is 0 Å². The van der Waals surface area contributed by atoms with Crippen LogP contribution in [0, 0.1) is 17.8 Å². The molecule has 0 radical (unpaired) electrons. The second-order valence-electron chi connectivity index (χ2n) is 10.7. The summed E-state index contributed by atoms with van der Waals surface area (Å²) in [5, 5.41) is 0. The van der Waals surface area contributed by atoms with E-state index in [0.29, 0.717) is 0 Å². The van der Waals surface area contributed by atoms with E-state index in [2.05, 4.69) is 82.2 Å². The summed E-state index contributed by atoms with van der Waals surface area (Å²) in [5.41, 5.74) is 5.98. The second-order valence-corrected chi connectivity index (χ2v) is 10.7. The molecule has 0 unspecified atom stereocenters. The van der Waals surface area contributed by atoms with Crippen molar-refractivity contribution in [2.75, 3.05) is 0 Å². The molecule has 0 aliphatic heterocycles. The summed E-state index contributed by atoms with van der Waals surface area (Å²) >= 11 is 0. The van der Waals surface area contributed by atoms with Gasteiger partial charge in [-0.2, -0.15) is 0 Å². The highest BCUT2D eigenvalue weighted by Crippen LogP contribution is 2.39. The molecule has 0 fully saturated rings. The Kier molecular flexibility index (Phi) is 6.23. The fourth-order valence-corrected chi connectivity index (χ4v) is 3.19. The van der Waals surface area contributed by atoms with Gasteiger partial charge in [-0.15, -0.1) is 0 Å². The lowest BCUT2D eigenvalue weighted by atomic mass is 9.80. The van der Waals surface area contributed by atoms with Gasteiger partial charge in [0, 0.05) is 0 Å². The number of hydrogen-bond acceptors (Lipinski definition) is 1. The smallest absolute Gasteiger partial charge is 0.126 e. The SMILES string of the molecule is CCc1cc(CC(C)(C)C)c(OC(C)(C)C)c(CC(C)(C)C)c1C. The minimum atomic E-state index is -0.181. The topological polar surface area (TPSA) is 9.23 Å². The molecule has 1 aromatic rings. The maximum absolute atomic E-state index is 6.54. The number of hydrogen-bond donors (Lipinski definition) is 0. The van der Waals surface area contributed by atoms with E-state index < -0.39 is 0 Å².